The van der Waals surface area contributed by atoms with Crippen molar-refractivity contribution in [1.82, 2.24) is 10.6 Å². The first-order valence-electron chi connectivity index (χ1n) is 11.3. The Bertz CT molecular complexity index is 417. The minimum atomic E-state index is -0.0754. The quantitative estimate of drug-likeness (QED) is 0.413. The maximum Gasteiger partial charge on any atom is 0.310 e. The van der Waals surface area contributed by atoms with Crippen molar-refractivity contribution < 1.29 is 19.1 Å². The van der Waals surface area contributed by atoms with Gasteiger partial charge in [-0.1, -0.05) is 38.5 Å². The van der Waals surface area contributed by atoms with E-state index in [1.165, 1.54) is 39.9 Å². The molecular weight excluding hydrogens is 356 g/mol. The predicted molar refractivity (Wildman–Crippen MR) is 110 cm³/mol. The van der Waals surface area contributed by atoms with E-state index in [0.717, 1.165) is 64.5 Å². The van der Waals surface area contributed by atoms with Crippen LogP contribution in [0.15, 0.2) is 0 Å². The summed E-state index contributed by atoms with van der Waals surface area (Å²) < 4.78 is 10.1. The lowest BCUT2D eigenvalue weighted by atomic mass is 9.86. The molecule has 6 nitrogen and oxygen atoms in total. The van der Waals surface area contributed by atoms with Gasteiger partial charge < -0.3 is 20.1 Å². The number of hydrogen-bond donors (Lipinski definition) is 2. The van der Waals surface area contributed by atoms with Crippen molar-refractivity contribution in [2.24, 2.45) is 11.8 Å². The average Bonchev–Trinajstić information content (AvgIpc) is 2.76. The molecule has 0 amide bonds. The van der Waals surface area contributed by atoms with Crippen LogP contribution >= 0.6 is 0 Å². The minimum absolute atomic E-state index is 0.0282. The molecule has 0 bridgehead atoms. The van der Waals surface area contributed by atoms with Crippen LogP contribution in [0.2, 0.25) is 0 Å². The number of ether oxygens (including phenoxy) is 2. The Labute approximate surface area is 170 Å². The predicted octanol–water partition coefficient (Wildman–Crippen LogP) is 3.19. The van der Waals surface area contributed by atoms with E-state index in [1.54, 1.807) is 0 Å². The zero-order chi connectivity index (χ0) is 20.2. The third-order valence-corrected chi connectivity index (χ3v) is 6.46. The van der Waals surface area contributed by atoms with Gasteiger partial charge in [-0.05, 0) is 51.6 Å². The topological polar surface area (TPSA) is 76.7 Å². The largest absolute Gasteiger partial charge is 0.469 e. The highest BCUT2D eigenvalue weighted by Crippen LogP contribution is 2.25. The molecule has 0 aromatic heterocycles. The van der Waals surface area contributed by atoms with Crippen molar-refractivity contribution in [2.75, 3.05) is 27.3 Å². The molecule has 2 rings (SSSR count). The molecule has 6 heteroatoms. The number of nitrogens with one attached hydrogen (secondary N) is 2. The Balaban J connectivity index is 1.69. The second-order valence-electron chi connectivity index (χ2n) is 8.36. The SMILES string of the molecule is COC(=O)C(CCCCCCC(C(=O)OC)C1CCCCN1)C1CCCCN1. The molecule has 2 heterocycles. The number of carbonyl (C=O) groups is 2. The summed E-state index contributed by atoms with van der Waals surface area (Å²) in [5.74, 6) is -0.207. The molecule has 162 valence electrons. The van der Waals surface area contributed by atoms with Crippen molar-refractivity contribution in [2.45, 2.75) is 89.1 Å². The summed E-state index contributed by atoms with van der Waals surface area (Å²) in [4.78, 5) is 24.4. The Morgan fingerprint density at radius 2 is 1.18 bits per heavy atom. The van der Waals surface area contributed by atoms with Crippen molar-refractivity contribution in [3.8, 4) is 0 Å². The first-order chi connectivity index (χ1) is 13.7. The molecule has 0 aromatic rings. The van der Waals surface area contributed by atoms with Crippen molar-refractivity contribution >= 4 is 11.9 Å². The summed E-state index contributed by atoms with van der Waals surface area (Å²) in [6.07, 6.45) is 12.9. The second-order valence-corrected chi connectivity index (χ2v) is 8.36. The van der Waals surface area contributed by atoms with Gasteiger partial charge in [0.1, 0.15) is 0 Å². The van der Waals surface area contributed by atoms with Crippen molar-refractivity contribution in [3.63, 3.8) is 0 Å². The maximum atomic E-state index is 12.2. The summed E-state index contributed by atoms with van der Waals surface area (Å²) in [5.41, 5.74) is 0. The number of hydrogen-bond acceptors (Lipinski definition) is 6. The highest BCUT2D eigenvalue weighted by molar-refractivity contribution is 5.73. The standard InChI is InChI=1S/C22H40N2O4/c1-27-21(25)17(19-13-7-9-15-23-19)11-5-3-4-6-12-18(22(26)28-2)20-14-8-10-16-24-20/h17-20,23-24H,3-16H2,1-2H3. The third kappa shape index (κ3) is 7.36. The van der Waals surface area contributed by atoms with E-state index >= 15 is 0 Å². The molecule has 0 radical (unpaired) electrons. The van der Waals surface area contributed by atoms with E-state index < -0.39 is 0 Å². The molecule has 2 aliphatic heterocycles. The fraction of sp³-hybridized carbons (Fsp3) is 0.909. The molecule has 0 aromatic carbocycles. The normalized spacial score (nSPS) is 24.9. The van der Waals surface area contributed by atoms with Crippen LogP contribution in [0.3, 0.4) is 0 Å². The molecule has 4 atom stereocenters. The summed E-state index contributed by atoms with van der Waals surface area (Å²) in [7, 11) is 2.98. The summed E-state index contributed by atoms with van der Waals surface area (Å²) in [5, 5.41) is 6.99. The van der Waals surface area contributed by atoms with Gasteiger partial charge in [0.05, 0.1) is 26.1 Å². The van der Waals surface area contributed by atoms with Gasteiger partial charge in [0.15, 0.2) is 0 Å². The van der Waals surface area contributed by atoms with Crippen LogP contribution in [0.5, 0.6) is 0 Å². The first kappa shape index (κ1) is 23.1. The maximum absolute atomic E-state index is 12.2. The summed E-state index contributed by atoms with van der Waals surface area (Å²) in [6.45, 7) is 2.00. The Morgan fingerprint density at radius 3 is 1.50 bits per heavy atom. The van der Waals surface area contributed by atoms with Crippen LogP contribution in [0.25, 0.3) is 0 Å². The van der Waals surface area contributed by atoms with E-state index in [4.69, 9.17) is 9.47 Å². The molecule has 2 aliphatic rings. The van der Waals surface area contributed by atoms with Crippen LogP contribution in [-0.4, -0.2) is 51.3 Å². The highest BCUT2D eigenvalue weighted by atomic mass is 16.5. The van der Waals surface area contributed by atoms with Crippen LogP contribution < -0.4 is 10.6 Å². The Kier molecular flexibility index (Phi) is 10.9. The van der Waals surface area contributed by atoms with E-state index in [9.17, 15) is 9.59 Å². The van der Waals surface area contributed by atoms with Gasteiger partial charge in [-0.2, -0.15) is 0 Å². The van der Waals surface area contributed by atoms with Crippen LogP contribution in [0.1, 0.15) is 77.0 Å². The zero-order valence-corrected chi connectivity index (χ0v) is 17.8. The third-order valence-electron chi connectivity index (χ3n) is 6.46. The van der Waals surface area contributed by atoms with Gasteiger partial charge in [-0.25, -0.2) is 0 Å². The second kappa shape index (κ2) is 13.2. The van der Waals surface area contributed by atoms with E-state index in [0.29, 0.717) is 0 Å². The molecule has 0 aliphatic carbocycles. The smallest absolute Gasteiger partial charge is 0.310 e. The average molecular weight is 397 g/mol. The molecule has 4 unspecified atom stereocenters. The number of carbonyl (C=O) groups excluding carboxylic acids is 2. The number of esters is 2. The lowest BCUT2D eigenvalue weighted by molar-refractivity contribution is -0.148. The van der Waals surface area contributed by atoms with Crippen LogP contribution in [0.4, 0.5) is 0 Å². The van der Waals surface area contributed by atoms with Gasteiger partial charge in [0.2, 0.25) is 0 Å². The highest BCUT2D eigenvalue weighted by Gasteiger charge is 2.31. The van der Waals surface area contributed by atoms with Crippen LogP contribution in [0, 0.1) is 11.8 Å². The van der Waals surface area contributed by atoms with E-state index in [1.807, 2.05) is 0 Å². The van der Waals surface area contributed by atoms with E-state index in [-0.39, 0.29) is 35.9 Å². The summed E-state index contributed by atoms with van der Waals surface area (Å²) >= 11 is 0. The monoisotopic (exact) mass is 396 g/mol. The van der Waals surface area contributed by atoms with Crippen molar-refractivity contribution in [3.05, 3.63) is 0 Å². The lowest BCUT2D eigenvalue weighted by Gasteiger charge is -2.30. The number of methoxy groups -OCH3 is 2. The van der Waals surface area contributed by atoms with E-state index in [2.05, 4.69) is 10.6 Å². The fourth-order valence-corrected chi connectivity index (χ4v) is 4.80. The number of unbranched alkanes of at least 4 members (excludes halogenated alkanes) is 3. The van der Waals surface area contributed by atoms with Gasteiger partial charge in [-0.15, -0.1) is 0 Å². The number of rotatable bonds is 11. The minimum Gasteiger partial charge on any atom is -0.469 e. The molecular formula is C22H40N2O4. The van der Waals surface area contributed by atoms with Gasteiger partial charge in [0.25, 0.3) is 0 Å². The van der Waals surface area contributed by atoms with Gasteiger partial charge in [-0.3, -0.25) is 9.59 Å². The zero-order valence-electron chi connectivity index (χ0n) is 17.8. The molecule has 28 heavy (non-hydrogen) atoms. The summed E-state index contributed by atoms with van der Waals surface area (Å²) in [6, 6.07) is 0.532. The van der Waals surface area contributed by atoms with Gasteiger partial charge in [0, 0.05) is 12.1 Å². The first-order valence-corrected chi connectivity index (χ1v) is 11.3. The molecule has 2 fully saturated rings. The van der Waals surface area contributed by atoms with Crippen LogP contribution in [-0.2, 0) is 19.1 Å². The Morgan fingerprint density at radius 1 is 0.750 bits per heavy atom. The molecule has 0 saturated carbocycles. The number of piperidine rings is 2. The lowest BCUT2D eigenvalue weighted by Crippen LogP contribution is -2.43. The molecule has 2 N–H and O–H groups in total. The van der Waals surface area contributed by atoms with Crippen molar-refractivity contribution in [1.29, 1.82) is 0 Å². The molecule has 2 saturated heterocycles. The fourth-order valence-electron chi connectivity index (χ4n) is 4.80. The Hall–Kier alpha value is -1.14. The molecule has 0 spiro atoms. The van der Waals surface area contributed by atoms with Gasteiger partial charge >= 0.3 is 11.9 Å².